The average Bonchev–Trinajstić information content (AvgIpc) is 2.33. The normalized spacial score (nSPS) is 11.2. The van der Waals surface area contributed by atoms with Gasteiger partial charge >= 0.3 is 0 Å². The Kier molecular flexibility index (Phi) is 6.14. The second kappa shape index (κ2) is 7.70. The first-order chi connectivity index (χ1) is 8.22. The Hall–Kier alpha value is -1.52. The molecule has 1 N–H and O–H groups in total. The molecule has 1 heterocycles. The number of aldehydes is 1. The number of likely N-dealkylation sites (N-methyl/N-ethyl adjacent to an activating group) is 1. The van der Waals surface area contributed by atoms with E-state index in [4.69, 9.17) is 0 Å². The van der Waals surface area contributed by atoms with E-state index in [2.05, 4.69) is 27.4 Å². The smallest absolute Gasteiger partial charge is 0.150 e. The minimum absolute atomic E-state index is 0.667. The number of rotatable bonds is 7. The van der Waals surface area contributed by atoms with E-state index < -0.39 is 0 Å². The molecular formula is C13H19N3O. The number of pyridine rings is 1. The van der Waals surface area contributed by atoms with Gasteiger partial charge in [-0.25, -0.2) is 0 Å². The molecule has 0 fully saturated rings. The van der Waals surface area contributed by atoms with E-state index >= 15 is 0 Å². The summed E-state index contributed by atoms with van der Waals surface area (Å²) in [5.41, 5.74) is 1.55. The van der Waals surface area contributed by atoms with Crippen LogP contribution in [-0.4, -0.2) is 43.4 Å². The molecule has 4 heteroatoms. The summed E-state index contributed by atoms with van der Waals surface area (Å²) < 4.78 is 0. The molecule has 92 valence electrons. The first kappa shape index (κ1) is 13.5. The lowest BCUT2D eigenvalue weighted by atomic mass is 10.2. The molecule has 0 bridgehead atoms. The molecule has 0 saturated heterocycles. The van der Waals surface area contributed by atoms with Crippen LogP contribution in [0.25, 0.3) is 0 Å². The van der Waals surface area contributed by atoms with Crippen LogP contribution in [0.2, 0.25) is 0 Å². The predicted octanol–water partition coefficient (Wildman–Crippen LogP) is 1.10. The zero-order valence-corrected chi connectivity index (χ0v) is 10.4. The van der Waals surface area contributed by atoms with Gasteiger partial charge in [-0.05, 0) is 26.2 Å². The summed E-state index contributed by atoms with van der Waals surface area (Å²) in [6, 6.07) is 3.50. The van der Waals surface area contributed by atoms with Gasteiger partial charge in [0.25, 0.3) is 0 Å². The van der Waals surface area contributed by atoms with E-state index in [-0.39, 0.29) is 0 Å². The maximum atomic E-state index is 10.6. The van der Waals surface area contributed by atoms with Crippen LogP contribution in [0.3, 0.4) is 0 Å². The van der Waals surface area contributed by atoms with Gasteiger partial charge in [-0.15, -0.1) is 0 Å². The number of hydrogen-bond donors (Lipinski definition) is 1. The minimum atomic E-state index is 0.667. The monoisotopic (exact) mass is 233 g/mol. The molecule has 0 aromatic carbocycles. The number of nitrogens with zero attached hydrogens (tertiary/aromatic N) is 2. The largest absolute Gasteiger partial charge is 0.308 e. The Morgan fingerprint density at radius 1 is 1.41 bits per heavy atom. The summed E-state index contributed by atoms with van der Waals surface area (Å²) in [6.45, 7) is 2.43. The van der Waals surface area contributed by atoms with Crippen LogP contribution < -0.4 is 5.32 Å². The molecule has 0 spiro atoms. The molecule has 1 aromatic heterocycles. The van der Waals surface area contributed by atoms with Crippen LogP contribution in [-0.2, 0) is 6.54 Å². The third kappa shape index (κ3) is 5.94. The molecule has 1 aromatic rings. The molecule has 0 amide bonds. The van der Waals surface area contributed by atoms with E-state index in [1.54, 1.807) is 18.3 Å². The molecule has 4 nitrogen and oxygen atoms in total. The van der Waals surface area contributed by atoms with E-state index in [1.165, 1.54) is 0 Å². The van der Waals surface area contributed by atoms with Crippen molar-refractivity contribution in [2.24, 2.45) is 0 Å². The first-order valence-electron chi connectivity index (χ1n) is 5.63. The molecule has 0 aliphatic carbocycles. The number of carbonyl (C=O) groups is 1. The van der Waals surface area contributed by atoms with Crippen molar-refractivity contribution < 1.29 is 4.79 Å². The van der Waals surface area contributed by atoms with E-state index in [1.807, 2.05) is 14.1 Å². The van der Waals surface area contributed by atoms with Crippen LogP contribution in [0.4, 0.5) is 0 Å². The molecule has 17 heavy (non-hydrogen) atoms. The molecule has 0 aliphatic heterocycles. The Morgan fingerprint density at radius 2 is 2.24 bits per heavy atom. The summed E-state index contributed by atoms with van der Waals surface area (Å²) >= 11 is 0. The van der Waals surface area contributed by atoms with Crippen molar-refractivity contribution in [2.75, 3.05) is 27.2 Å². The standard InChI is InChI=1S/C13H19N3O/c1-16(2)8-4-3-6-14-10-13-9-12(11-17)5-7-15-13/h3-5,7,9,11,14H,6,8,10H2,1-2H3/b4-3-. The lowest BCUT2D eigenvalue weighted by Gasteiger charge is -2.04. The van der Waals surface area contributed by atoms with Crippen molar-refractivity contribution in [2.45, 2.75) is 6.54 Å². The highest BCUT2D eigenvalue weighted by Crippen LogP contribution is 1.98. The minimum Gasteiger partial charge on any atom is -0.308 e. The fraction of sp³-hybridized carbons (Fsp3) is 0.385. The zero-order chi connectivity index (χ0) is 12.5. The third-order valence-corrected chi connectivity index (χ3v) is 2.18. The van der Waals surface area contributed by atoms with Gasteiger partial charge in [0, 0.05) is 31.4 Å². The Morgan fingerprint density at radius 3 is 2.94 bits per heavy atom. The molecule has 0 saturated carbocycles. The molecule has 0 radical (unpaired) electrons. The van der Waals surface area contributed by atoms with Gasteiger partial charge in [0.15, 0.2) is 0 Å². The molecule has 1 rings (SSSR count). The van der Waals surface area contributed by atoms with Gasteiger partial charge in [-0.2, -0.15) is 0 Å². The van der Waals surface area contributed by atoms with Crippen LogP contribution in [0.1, 0.15) is 16.1 Å². The van der Waals surface area contributed by atoms with Crippen molar-refractivity contribution in [3.63, 3.8) is 0 Å². The van der Waals surface area contributed by atoms with Gasteiger partial charge < -0.3 is 10.2 Å². The van der Waals surface area contributed by atoms with Gasteiger partial charge in [0.2, 0.25) is 0 Å². The van der Waals surface area contributed by atoms with Crippen molar-refractivity contribution in [3.8, 4) is 0 Å². The maximum Gasteiger partial charge on any atom is 0.150 e. The lowest BCUT2D eigenvalue weighted by molar-refractivity contribution is 0.112. The van der Waals surface area contributed by atoms with Crippen LogP contribution in [0, 0.1) is 0 Å². The van der Waals surface area contributed by atoms with Gasteiger partial charge in [0.1, 0.15) is 6.29 Å². The lowest BCUT2D eigenvalue weighted by Crippen LogP contribution is -2.15. The fourth-order valence-electron chi connectivity index (χ4n) is 1.32. The summed E-state index contributed by atoms with van der Waals surface area (Å²) in [4.78, 5) is 16.9. The second-order valence-electron chi connectivity index (χ2n) is 4.06. The molecular weight excluding hydrogens is 214 g/mol. The van der Waals surface area contributed by atoms with E-state index in [0.717, 1.165) is 25.1 Å². The van der Waals surface area contributed by atoms with Crippen molar-refractivity contribution in [3.05, 3.63) is 41.7 Å². The number of nitrogens with one attached hydrogen (secondary N) is 1. The SMILES string of the molecule is CN(C)C/C=C\CNCc1cc(C=O)ccn1. The number of carbonyl (C=O) groups excluding carboxylic acids is 1. The molecule has 0 unspecified atom stereocenters. The quantitative estimate of drug-likeness (QED) is 0.435. The summed E-state index contributed by atoms with van der Waals surface area (Å²) in [7, 11) is 4.07. The summed E-state index contributed by atoms with van der Waals surface area (Å²) in [6.07, 6.45) is 6.69. The average molecular weight is 233 g/mol. The second-order valence-corrected chi connectivity index (χ2v) is 4.06. The highest BCUT2D eigenvalue weighted by molar-refractivity contribution is 5.74. The number of hydrogen-bond acceptors (Lipinski definition) is 4. The topological polar surface area (TPSA) is 45.2 Å². The maximum absolute atomic E-state index is 10.6. The third-order valence-electron chi connectivity index (χ3n) is 2.18. The van der Waals surface area contributed by atoms with Crippen LogP contribution >= 0.6 is 0 Å². The highest BCUT2D eigenvalue weighted by atomic mass is 16.1. The van der Waals surface area contributed by atoms with Crippen LogP contribution in [0.15, 0.2) is 30.5 Å². The van der Waals surface area contributed by atoms with E-state index in [0.29, 0.717) is 12.1 Å². The first-order valence-corrected chi connectivity index (χ1v) is 5.63. The van der Waals surface area contributed by atoms with Gasteiger partial charge in [0.05, 0.1) is 5.69 Å². The Bertz CT molecular complexity index is 375. The zero-order valence-electron chi connectivity index (χ0n) is 10.4. The Balaban J connectivity index is 2.26. The van der Waals surface area contributed by atoms with Gasteiger partial charge in [-0.3, -0.25) is 9.78 Å². The number of aromatic nitrogens is 1. The summed E-state index contributed by atoms with van der Waals surface area (Å²) in [5, 5.41) is 3.24. The van der Waals surface area contributed by atoms with Gasteiger partial charge in [-0.1, -0.05) is 12.2 Å². The fourth-order valence-corrected chi connectivity index (χ4v) is 1.32. The highest BCUT2D eigenvalue weighted by Gasteiger charge is 1.95. The Labute approximate surface area is 102 Å². The van der Waals surface area contributed by atoms with E-state index in [9.17, 15) is 4.79 Å². The molecule has 0 aliphatic rings. The van der Waals surface area contributed by atoms with Crippen molar-refractivity contribution in [1.82, 2.24) is 15.2 Å². The molecule has 0 atom stereocenters. The predicted molar refractivity (Wildman–Crippen MR) is 69.0 cm³/mol. The van der Waals surface area contributed by atoms with Crippen LogP contribution in [0.5, 0.6) is 0 Å². The van der Waals surface area contributed by atoms with Crippen molar-refractivity contribution in [1.29, 1.82) is 0 Å². The van der Waals surface area contributed by atoms with Crippen molar-refractivity contribution >= 4 is 6.29 Å². The summed E-state index contributed by atoms with van der Waals surface area (Å²) in [5.74, 6) is 0.